The number of esters is 1. The Bertz CT molecular complexity index is 528. The van der Waals surface area contributed by atoms with Gasteiger partial charge in [-0.05, 0) is 17.7 Å². The number of amides is 1. The molecule has 6 nitrogen and oxygen atoms in total. The van der Waals surface area contributed by atoms with Crippen LogP contribution in [0.25, 0.3) is 0 Å². The molecular weight excluding hydrogens is 298 g/mol. The minimum atomic E-state index is -0.360. The van der Waals surface area contributed by atoms with Gasteiger partial charge in [-0.1, -0.05) is 12.1 Å². The summed E-state index contributed by atoms with van der Waals surface area (Å²) >= 11 is 0. The fourth-order valence-corrected chi connectivity index (χ4v) is 2.56. The van der Waals surface area contributed by atoms with E-state index in [-0.39, 0.29) is 30.8 Å². The second kappa shape index (κ2) is 8.53. The van der Waals surface area contributed by atoms with Crippen LogP contribution in [0.1, 0.15) is 18.4 Å². The highest BCUT2D eigenvalue weighted by Gasteiger charge is 2.24. The van der Waals surface area contributed by atoms with E-state index in [1.807, 2.05) is 24.3 Å². The van der Waals surface area contributed by atoms with Gasteiger partial charge in [0.25, 0.3) is 0 Å². The number of carbonyl (C=O) groups excluding carboxylic acids is 2. The Labute approximate surface area is 136 Å². The molecule has 0 bridgehead atoms. The molecule has 6 heteroatoms. The number of nitrogens with zero attached hydrogens (tertiary/aromatic N) is 1. The predicted molar refractivity (Wildman–Crippen MR) is 84.3 cm³/mol. The molecule has 1 amide bonds. The average molecular weight is 321 g/mol. The van der Waals surface area contributed by atoms with E-state index < -0.39 is 0 Å². The van der Waals surface area contributed by atoms with E-state index in [1.54, 1.807) is 12.0 Å². The van der Waals surface area contributed by atoms with Crippen molar-refractivity contribution in [2.24, 2.45) is 0 Å². The lowest BCUT2D eigenvalue weighted by Crippen LogP contribution is -2.46. The van der Waals surface area contributed by atoms with Gasteiger partial charge < -0.3 is 19.1 Å². The summed E-state index contributed by atoms with van der Waals surface area (Å²) in [6, 6.07) is 7.83. The zero-order valence-electron chi connectivity index (χ0n) is 13.6. The van der Waals surface area contributed by atoms with Crippen molar-refractivity contribution < 1.29 is 23.8 Å². The molecule has 1 saturated heterocycles. The topological polar surface area (TPSA) is 65.1 Å². The van der Waals surface area contributed by atoms with Gasteiger partial charge in [-0.3, -0.25) is 9.59 Å². The molecule has 0 spiro atoms. The summed E-state index contributed by atoms with van der Waals surface area (Å²) < 4.78 is 15.5. The monoisotopic (exact) mass is 321 g/mol. The van der Waals surface area contributed by atoms with Crippen LogP contribution in [0.5, 0.6) is 5.75 Å². The van der Waals surface area contributed by atoms with Crippen LogP contribution in [0.4, 0.5) is 0 Å². The number of rotatable bonds is 6. The predicted octanol–water partition coefficient (Wildman–Crippen LogP) is 1.42. The number of benzene rings is 1. The van der Waals surface area contributed by atoms with Crippen molar-refractivity contribution in [3.05, 3.63) is 29.8 Å². The Morgan fingerprint density at radius 3 is 2.61 bits per heavy atom. The van der Waals surface area contributed by atoms with E-state index in [9.17, 15) is 9.59 Å². The third kappa shape index (κ3) is 5.25. The molecule has 0 N–H and O–H groups in total. The third-order valence-electron chi connectivity index (χ3n) is 3.88. The SMILES string of the molecule is COC(=O)CCC(=O)N1CCOC(Cc2ccc(OC)cc2)C1. The quantitative estimate of drug-likeness (QED) is 0.742. The Kier molecular flexibility index (Phi) is 6.40. The van der Waals surface area contributed by atoms with Crippen molar-refractivity contribution in [3.63, 3.8) is 0 Å². The van der Waals surface area contributed by atoms with E-state index in [0.717, 1.165) is 17.7 Å². The lowest BCUT2D eigenvalue weighted by atomic mass is 10.1. The molecule has 0 aromatic heterocycles. The number of carbonyl (C=O) groups is 2. The standard InChI is InChI=1S/C17H23NO5/c1-21-14-5-3-13(4-6-14)11-15-12-18(9-10-23-15)16(19)7-8-17(20)22-2/h3-6,15H,7-12H2,1-2H3. The van der Waals surface area contributed by atoms with Gasteiger partial charge in [-0.2, -0.15) is 0 Å². The van der Waals surface area contributed by atoms with Crippen LogP contribution in [0.15, 0.2) is 24.3 Å². The van der Waals surface area contributed by atoms with E-state index in [2.05, 4.69) is 4.74 Å². The summed E-state index contributed by atoms with van der Waals surface area (Å²) in [5, 5.41) is 0. The van der Waals surface area contributed by atoms with Crippen molar-refractivity contribution in [3.8, 4) is 5.75 Å². The molecule has 1 heterocycles. The molecule has 1 aliphatic rings. The molecule has 0 saturated carbocycles. The first-order valence-corrected chi connectivity index (χ1v) is 7.71. The second-order valence-corrected chi connectivity index (χ2v) is 5.46. The second-order valence-electron chi connectivity index (χ2n) is 5.46. The highest BCUT2D eigenvalue weighted by molar-refractivity contribution is 5.81. The highest BCUT2D eigenvalue weighted by atomic mass is 16.5. The van der Waals surface area contributed by atoms with Crippen LogP contribution < -0.4 is 4.74 Å². The minimum Gasteiger partial charge on any atom is -0.497 e. The van der Waals surface area contributed by atoms with E-state index >= 15 is 0 Å². The zero-order chi connectivity index (χ0) is 16.7. The summed E-state index contributed by atoms with van der Waals surface area (Å²) in [5.74, 6) is 0.428. The van der Waals surface area contributed by atoms with Crippen LogP contribution in [-0.2, 0) is 25.5 Å². The summed E-state index contributed by atoms with van der Waals surface area (Å²) in [6.07, 6.45) is 1.02. The van der Waals surface area contributed by atoms with Gasteiger partial charge in [0, 0.05) is 25.9 Å². The van der Waals surface area contributed by atoms with Gasteiger partial charge in [0.05, 0.1) is 33.4 Å². The molecule has 1 aliphatic heterocycles. The van der Waals surface area contributed by atoms with Crippen LogP contribution in [-0.4, -0.2) is 56.8 Å². The van der Waals surface area contributed by atoms with Gasteiger partial charge in [-0.15, -0.1) is 0 Å². The Balaban J connectivity index is 1.84. The summed E-state index contributed by atoms with van der Waals surface area (Å²) in [6.45, 7) is 1.63. The Morgan fingerprint density at radius 1 is 1.22 bits per heavy atom. The van der Waals surface area contributed by atoms with Crippen LogP contribution in [0, 0.1) is 0 Å². The lowest BCUT2D eigenvalue weighted by Gasteiger charge is -2.33. The van der Waals surface area contributed by atoms with Gasteiger partial charge in [0.15, 0.2) is 0 Å². The fraction of sp³-hybridized carbons (Fsp3) is 0.529. The summed E-state index contributed by atoms with van der Waals surface area (Å²) in [7, 11) is 2.96. The number of morpholine rings is 1. The molecule has 1 fully saturated rings. The highest BCUT2D eigenvalue weighted by Crippen LogP contribution is 2.16. The Hall–Kier alpha value is -2.08. The summed E-state index contributed by atoms with van der Waals surface area (Å²) in [5.41, 5.74) is 1.14. The van der Waals surface area contributed by atoms with Gasteiger partial charge in [0.2, 0.25) is 5.91 Å². The van der Waals surface area contributed by atoms with E-state index in [0.29, 0.717) is 19.7 Å². The van der Waals surface area contributed by atoms with Crippen LogP contribution in [0.3, 0.4) is 0 Å². The van der Waals surface area contributed by atoms with Crippen molar-refractivity contribution in [2.75, 3.05) is 33.9 Å². The molecule has 0 radical (unpaired) electrons. The minimum absolute atomic E-state index is 0.0285. The Morgan fingerprint density at radius 2 is 1.96 bits per heavy atom. The molecule has 1 unspecified atom stereocenters. The third-order valence-corrected chi connectivity index (χ3v) is 3.88. The first kappa shape index (κ1) is 17.3. The van der Waals surface area contributed by atoms with Crippen molar-refractivity contribution in [1.29, 1.82) is 0 Å². The molecule has 126 valence electrons. The fourth-order valence-electron chi connectivity index (χ4n) is 2.56. The van der Waals surface area contributed by atoms with E-state index in [4.69, 9.17) is 9.47 Å². The van der Waals surface area contributed by atoms with Crippen molar-refractivity contribution in [2.45, 2.75) is 25.4 Å². The molecule has 1 aromatic carbocycles. The average Bonchev–Trinajstić information content (AvgIpc) is 2.60. The van der Waals surface area contributed by atoms with Gasteiger partial charge in [-0.25, -0.2) is 0 Å². The maximum absolute atomic E-state index is 12.1. The van der Waals surface area contributed by atoms with Crippen molar-refractivity contribution >= 4 is 11.9 Å². The zero-order valence-corrected chi connectivity index (χ0v) is 13.6. The molecule has 1 aromatic rings. The number of hydrogen-bond donors (Lipinski definition) is 0. The van der Waals surface area contributed by atoms with Crippen molar-refractivity contribution in [1.82, 2.24) is 4.90 Å². The number of ether oxygens (including phenoxy) is 3. The van der Waals surface area contributed by atoms with Gasteiger partial charge in [0.1, 0.15) is 5.75 Å². The maximum atomic E-state index is 12.1. The molecule has 23 heavy (non-hydrogen) atoms. The first-order valence-electron chi connectivity index (χ1n) is 7.71. The summed E-state index contributed by atoms with van der Waals surface area (Å²) in [4.78, 5) is 25.0. The van der Waals surface area contributed by atoms with Gasteiger partial charge >= 0.3 is 5.97 Å². The molecular formula is C17H23NO5. The normalized spacial score (nSPS) is 17.7. The maximum Gasteiger partial charge on any atom is 0.306 e. The van der Waals surface area contributed by atoms with E-state index in [1.165, 1.54) is 7.11 Å². The van der Waals surface area contributed by atoms with Crippen LogP contribution >= 0.6 is 0 Å². The number of hydrogen-bond acceptors (Lipinski definition) is 5. The van der Waals surface area contributed by atoms with Crippen LogP contribution in [0.2, 0.25) is 0 Å². The molecule has 2 rings (SSSR count). The first-order chi connectivity index (χ1) is 11.1. The smallest absolute Gasteiger partial charge is 0.306 e. The lowest BCUT2D eigenvalue weighted by molar-refractivity contribution is -0.145. The number of methoxy groups -OCH3 is 2. The molecule has 1 atom stereocenters. The molecule has 0 aliphatic carbocycles. The largest absolute Gasteiger partial charge is 0.497 e.